The van der Waals surface area contributed by atoms with Gasteiger partial charge in [-0.3, -0.25) is 9.78 Å². The molecule has 2 aromatic heterocycles. The summed E-state index contributed by atoms with van der Waals surface area (Å²) in [7, 11) is 1.61. The van der Waals surface area contributed by atoms with Crippen molar-refractivity contribution < 1.29 is 9.53 Å². The van der Waals surface area contributed by atoms with E-state index in [9.17, 15) is 4.79 Å². The van der Waals surface area contributed by atoms with Gasteiger partial charge in [0.05, 0.1) is 19.0 Å². The molecule has 3 aromatic rings. The smallest absolute Gasteiger partial charge is 0.270 e. The van der Waals surface area contributed by atoms with Crippen molar-refractivity contribution in [3.63, 3.8) is 0 Å². The molecule has 0 aliphatic heterocycles. The summed E-state index contributed by atoms with van der Waals surface area (Å²) in [6.07, 6.45) is 5.16. The molecule has 3 rings (SSSR count). The lowest BCUT2D eigenvalue weighted by atomic mass is 10.2. The van der Waals surface area contributed by atoms with Gasteiger partial charge >= 0.3 is 0 Å². The number of benzene rings is 1. The number of anilines is 1. The maximum Gasteiger partial charge on any atom is 0.270 e. The number of para-hydroxylation sites is 1. The van der Waals surface area contributed by atoms with Crippen LogP contribution in [0.25, 0.3) is 0 Å². The van der Waals surface area contributed by atoms with Crippen molar-refractivity contribution in [2.24, 2.45) is 0 Å². The number of aromatic nitrogens is 2. The lowest BCUT2D eigenvalue weighted by molar-refractivity contribution is 0.0945. The third-order valence-corrected chi connectivity index (χ3v) is 3.87. The van der Waals surface area contributed by atoms with Crippen LogP contribution >= 0.6 is 0 Å². The van der Waals surface area contributed by atoms with E-state index < -0.39 is 0 Å². The van der Waals surface area contributed by atoms with Gasteiger partial charge < -0.3 is 15.4 Å². The summed E-state index contributed by atoms with van der Waals surface area (Å²) in [6, 6.07) is 15.0. The van der Waals surface area contributed by atoms with Gasteiger partial charge in [0.15, 0.2) is 0 Å². The summed E-state index contributed by atoms with van der Waals surface area (Å²) in [5.41, 5.74) is 3.26. The fourth-order valence-electron chi connectivity index (χ4n) is 2.45. The van der Waals surface area contributed by atoms with Crippen LogP contribution in [0.1, 0.15) is 21.6 Å². The second-order valence-corrected chi connectivity index (χ2v) is 5.64. The summed E-state index contributed by atoms with van der Waals surface area (Å²) < 4.78 is 5.28. The molecule has 0 saturated carbocycles. The molecule has 6 nitrogen and oxygen atoms in total. The normalized spacial score (nSPS) is 10.2. The molecule has 0 bridgehead atoms. The van der Waals surface area contributed by atoms with Gasteiger partial charge in [-0.05, 0) is 35.9 Å². The Morgan fingerprint density at radius 1 is 1.04 bits per heavy atom. The molecule has 1 aromatic carbocycles. The first-order valence-electron chi connectivity index (χ1n) is 8.25. The fourth-order valence-corrected chi connectivity index (χ4v) is 2.45. The summed E-state index contributed by atoms with van der Waals surface area (Å²) in [4.78, 5) is 20.5. The lowest BCUT2D eigenvalue weighted by Gasteiger charge is -2.10. The first-order chi connectivity index (χ1) is 12.8. The van der Waals surface area contributed by atoms with Crippen molar-refractivity contribution in [3.8, 4) is 5.75 Å². The van der Waals surface area contributed by atoms with Crippen LogP contribution in [0, 0.1) is 0 Å². The Balaban J connectivity index is 1.55. The minimum atomic E-state index is -0.225. The molecule has 6 heteroatoms. The number of carbonyl (C=O) groups excluding carboxylic acids is 1. The SMILES string of the molecule is COc1ccccc1CNC(=O)c1ccc(NCc2ccncc2)cn1. The molecule has 0 radical (unpaired) electrons. The van der Waals surface area contributed by atoms with Crippen LogP contribution in [0.3, 0.4) is 0 Å². The molecule has 0 unspecified atom stereocenters. The van der Waals surface area contributed by atoms with E-state index in [1.165, 1.54) is 0 Å². The zero-order chi connectivity index (χ0) is 18.2. The van der Waals surface area contributed by atoms with Crippen molar-refractivity contribution in [1.82, 2.24) is 15.3 Å². The summed E-state index contributed by atoms with van der Waals surface area (Å²) in [5, 5.41) is 6.12. The van der Waals surface area contributed by atoms with Gasteiger partial charge in [0.25, 0.3) is 5.91 Å². The molecule has 0 aliphatic carbocycles. The zero-order valence-electron chi connectivity index (χ0n) is 14.5. The summed E-state index contributed by atoms with van der Waals surface area (Å²) in [6.45, 7) is 1.05. The van der Waals surface area contributed by atoms with E-state index in [0.717, 1.165) is 22.6 Å². The molecule has 0 aliphatic rings. The third kappa shape index (κ3) is 4.57. The van der Waals surface area contributed by atoms with Gasteiger partial charge in [-0.25, -0.2) is 4.98 Å². The zero-order valence-corrected chi connectivity index (χ0v) is 14.5. The minimum Gasteiger partial charge on any atom is -0.496 e. The molecule has 132 valence electrons. The number of ether oxygens (including phenoxy) is 1. The fraction of sp³-hybridized carbons (Fsp3) is 0.150. The van der Waals surface area contributed by atoms with Crippen molar-refractivity contribution in [2.75, 3.05) is 12.4 Å². The number of hydrogen-bond acceptors (Lipinski definition) is 5. The number of pyridine rings is 2. The Bertz CT molecular complexity index is 851. The van der Waals surface area contributed by atoms with Gasteiger partial charge in [-0.15, -0.1) is 0 Å². The number of carbonyl (C=O) groups is 1. The second-order valence-electron chi connectivity index (χ2n) is 5.64. The van der Waals surface area contributed by atoms with Crippen LogP contribution in [0.2, 0.25) is 0 Å². The second kappa shape index (κ2) is 8.62. The van der Waals surface area contributed by atoms with Crippen LogP contribution in [-0.2, 0) is 13.1 Å². The van der Waals surface area contributed by atoms with Crippen LogP contribution in [0.15, 0.2) is 67.1 Å². The summed E-state index contributed by atoms with van der Waals surface area (Å²) >= 11 is 0. The Kier molecular flexibility index (Phi) is 5.77. The van der Waals surface area contributed by atoms with Gasteiger partial charge in [0.2, 0.25) is 0 Å². The Morgan fingerprint density at radius 3 is 2.58 bits per heavy atom. The first-order valence-corrected chi connectivity index (χ1v) is 8.25. The van der Waals surface area contributed by atoms with E-state index in [2.05, 4.69) is 20.6 Å². The van der Waals surface area contributed by atoms with E-state index in [1.807, 2.05) is 42.5 Å². The first kappa shape index (κ1) is 17.4. The molecule has 1 amide bonds. The van der Waals surface area contributed by atoms with Crippen molar-refractivity contribution in [1.29, 1.82) is 0 Å². The van der Waals surface area contributed by atoms with Gasteiger partial charge in [0, 0.05) is 31.0 Å². The molecule has 2 N–H and O–H groups in total. The number of methoxy groups -OCH3 is 1. The maximum absolute atomic E-state index is 12.3. The molecule has 0 atom stereocenters. The highest BCUT2D eigenvalue weighted by molar-refractivity contribution is 5.92. The highest BCUT2D eigenvalue weighted by atomic mass is 16.5. The van der Waals surface area contributed by atoms with E-state index in [1.54, 1.807) is 31.8 Å². The number of rotatable bonds is 7. The quantitative estimate of drug-likeness (QED) is 0.686. The van der Waals surface area contributed by atoms with Crippen LogP contribution in [0.4, 0.5) is 5.69 Å². The highest BCUT2D eigenvalue weighted by Gasteiger charge is 2.08. The summed E-state index contributed by atoms with van der Waals surface area (Å²) in [5.74, 6) is 0.521. The van der Waals surface area contributed by atoms with Crippen LogP contribution in [0.5, 0.6) is 5.75 Å². The number of nitrogens with one attached hydrogen (secondary N) is 2. The average Bonchev–Trinajstić information content (AvgIpc) is 2.72. The van der Waals surface area contributed by atoms with Crippen molar-refractivity contribution >= 4 is 11.6 Å². The molecular formula is C20H20N4O2. The largest absolute Gasteiger partial charge is 0.496 e. The molecular weight excluding hydrogens is 328 g/mol. The standard InChI is InChI=1S/C20H20N4O2/c1-26-19-5-3-2-4-16(19)13-24-20(25)18-7-6-17(14-23-18)22-12-15-8-10-21-11-9-15/h2-11,14,22H,12-13H2,1H3,(H,24,25). The topological polar surface area (TPSA) is 76.1 Å². The molecule has 2 heterocycles. The Morgan fingerprint density at radius 2 is 1.85 bits per heavy atom. The molecule has 0 saturated heterocycles. The van der Waals surface area contributed by atoms with Crippen molar-refractivity contribution in [2.45, 2.75) is 13.1 Å². The number of amides is 1. The van der Waals surface area contributed by atoms with Crippen LogP contribution < -0.4 is 15.4 Å². The monoisotopic (exact) mass is 348 g/mol. The van der Waals surface area contributed by atoms with E-state index in [0.29, 0.717) is 18.8 Å². The lowest BCUT2D eigenvalue weighted by Crippen LogP contribution is -2.24. The van der Waals surface area contributed by atoms with Gasteiger partial charge in [0.1, 0.15) is 11.4 Å². The van der Waals surface area contributed by atoms with Crippen molar-refractivity contribution in [3.05, 3.63) is 83.9 Å². The molecule has 0 spiro atoms. The molecule has 26 heavy (non-hydrogen) atoms. The van der Waals surface area contributed by atoms with Crippen LogP contribution in [-0.4, -0.2) is 23.0 Å². The van der Waals surface area contributed by atoms with E-state index in [-0.39, 0.29) is 5.91 Å². The maximum atomic E-state index is 12.3. The van der Waals surface area contributed by atoms with Gasteiger partial charge in [-0.2, -0.15) is 0 Å². The highest BCUT2D eigenvalue weighted by Crippen LogP contribution is 2.17. The average molecular weight is 348 g/mol. The minimum absolute atomic E-state index is 0.225. The Labute approximate surface area is 152 Å². The number of hydrogen-bond donors (Lipinski definition) is 2. The van der Waals surface area contributed by atoms with Gasteiger partial charge in [-0.1, -0.05) is 18.2 Å². The van der Waals surface area contributed by atoms with E-state index >= 15 is 0 Å². The third-order valence-electron chi connectivity index (χ3n) is 3.87. The Hall–Kier alpha value is -3.41. The molecule has 0 fully saturated rings. The van der Waals surface area contributed by atoms with E-state index in [4.69, 9.17) is 4.74 Å². The predicted molar refractivity (Wildman–Crippen MR) is 100.0 cm³/mol. The predicted octanol–water partition coefficient (Wildman–Crippen LogP) is 3.03. The number of nitrogens with zero attached hydrogens (tertiary/aromatic N) is 2.